The lowest BCUT2D eigenvalue weighted by atomic mass is 10.2. The number of hydrogen-bond acceptors (Lipinski definition) is 3. The fraction of sp³-hybridized carbons (Fsp3) is 0.267. The van der Waals surface area contributed by atoms with Gasteiger partial charge < -0.3 is 14.5 Å². The molecule has 1 heterocycles. The summed E-state index contributed by atoms with van der Waals surface area (Å²) >= 11 is 3.35. The fourth-order valence-electron chi connectivity index (χ4n) is 1.63. The van der Waals surface area contributed by atoms with Crippen molar-refractivity contribution in [2.45, 2.75) is 13.0 Å². The summed E-state index contributed by atoms with van der Waals surface area (Å²) in [6, 6.07) is 10.7. The second kappa shape index (κ2) is 7.75. The average molecular weight is 338 g/mol. The van der Waals surface area contributed by atoms with Crippen LogP contribution >= 0.6 is 15.9 Å². The molecule has 1 aromatic heterocycles. The first kappa shape index (κ1) is 14.7. The smallest absolute Gasteiger partial charge is 0.251 e. The van der Waals surface area contributed by atoms with Crippen LogP contribution in [0.5, 0.6) is 5.75 Å². The Hall–Kier alpha value is -1.75. The number of amides is 1. The van der Waals surface area contributed by atoms with Crippen LogP contribution in [-0.2, 0) is 6.54 Å². The Labute approximate surface area is 126 Å². The Morgan fingerprint density at radius 2 is 2.05 bits per heavy atom. The van der Waals surface area contributed by atoms with Crippen LogP contribution in [-0.4, -0.2) is 17.8 Å². The van der Waals surface area contributed by atoms with E-state index in [0.717, 1.165) is 23.3 Å². The molecule has 0 aliphatic heterocycles. The van der Waals surface area contributed by atoms with Crippen LogP contribution in [0.3, 0.4) is 0 Å². The van der Waals surface area contributed by atoms with Gasteiger partial charge in [-0.1, -0.05) is 15.9 Å². The van der Waals surface area contributed by atoms with E-state index in [2.05, 4.69) is 21.2 Å². The van der Waals surface area contributed by atoms with Gasteiger partial charge in [0.2, 0.25) is 0 Å². The summed E-state index contributed by atoms with van der Waals surface area (Å²) in [5.74, 6) is 1.37. The van der Waals surface area contributed by atoms with Gasteiger partial charge in [-0.25, -0.2) is 0 Å². The fourth-order valence-corrected chi connectivity index (χ4v) is 1.86. The molecule has 0 bridgehead atoms. The largest absolute Gasteiger partial charge is 0.494 e. The van der Waals surface area contributed by atoms with Gasteiger partial charge in [-0.2, -0.15) is 0 Å². The minimum Gasteiger partial charge on any atom is -0.494 e. The summed E-state index contributed by atoms with van der Waals surface area (Å²) in [5, 5.41) is 3.71. The van der Waals surface area contributed by atoms with Crippen LogP contribution in [0, 0.1) is 0 Å². The Bertz CT molecular complexity index is 523. The first-order valence-electron chi connectivity index (χ1n) is 6.39. The Kier molecular flexibility index (Phi) is 5.68. The Morgan fingerprint density at radius 3 is 2.70 bits per heavy atom. The molecule has 5 heteroatoms. The summed E-state index contributed by atoms with van der Waals surface area (Å²) in [6.45, 7) is 1.05. The van der Waals surface area contributed by atoms with Crippen LogP contribution in [0.4, 0.5) is 0 Å². The number of nitrogens with one attached hydrogen (secondary N) is 1. The minimum absolute atomic E-state index is 0.131. The minimum atomic E-state index is -0.131. The highest BCUT2D eigenvalue weighted by atomic mass is 79.9. The average Bonchev–Trinajstić information content (AvgIpc) is 2.99. The highest BCUT2D eigenvalue weighted by Gasteiger charge is 2.06. The zero-order valence-corrected chi connectivity index (χ0v) is 12.6. The van der Waals surface area contributed by atoms with E-state index in [1.165, 1.54) is 0 Å². The Balaban J connectivity index is 1.84. The Morgan fingerprint density at radius 1 is 1.25 bits per heavy atom. The lowest BCUT2D eigenvalue weighted by Gasteiger charge is -2.06. The number of ether oxygens (including phenoxy) is 1. The van der Waals surface area contributed by atoms with E-state index >= 15 is 0 Å². The molecule has 2 rings (SSSR count). The van der Waals surface area contributed by atoms with E-state index in [-0.39, 0.29) is 5.91 Å². The van der Waals surface area contributed by atoms with Gasteiger partial charge in [-0.15, -0.1) is 0 Å². The van der Waals surface area contributed by atoms with E-state index in [9.17, 15) is 4.79 Å². The number of rotatable bonds is 7. The van der Waals surface area contributed by atoms with Gasteiger partial charge in [0.15, 0.2) is 0 Å². The number of carbonyl (C=O) groups is 1. The summed E-state index contributed by atoms with van der Waals surface area (Å²) in [7, 11) is 0. The van der Waals surface area contributed by atoms with Crippen LogP contribution < -0.4 is 10.1 Å². The van der Waals surface area contributed by atoms with Gasteiger partial charge in [0, 0.05) is 10.9 Å². The van der Waals surface area contributed by atoms with Crippen LogP contribution in [0.1, 0.15) is 22.5 Å². The lowest BCUT2D eigenvalue weighted by Crippen LogP contribution is -2.22. The number of hydrogen-bond donors (Lipinski definition) is 1. The molecular weight excluding hydrogens is 322 g/mol. The zero-order valence-electron chi connectivity index (χ0n) is 11.0. The molecule has 0 radical (unpaired) electrons. The predicted octanol–water partition coefficient (Wildman–Crippen LogP) is 3.37. The lowest BCUT2D eigenvalue weighted by molar-refractivity contribution is 0.0948. The first-order valence-corrected chi connectivity index (χ1v) is 7.51. The van der Waals surface area contributed by atoms with Gasteiger partial charge in [-0.05, 0) is 42.8 Å². The molecular formula is C15H16BrNO3. The van der Waals surface area contributed by atoms with Crippen molar-refractivity contribution in [1.29, 1.82) is 0 Å². The quantitative estimate of drug-likeness (QED) is 0.622. The molecule has 2 aromatic rings. The summed E-state index contributed by atoms with van der Waals surface area (Å²) < 4.78 is 10.7. The van der Waals surface area contributed by atoms with Gasteiger partial charge in [0.1, 0.15) is 11.5 Å². The van der Waals surface area contributed by atoms with Gasteiger partial charge in [0.25, 0.3) is 5.91 Å². The highest BCUT2D eigenvalue weighted by molar-refractivity contribution is 9.09. The summed E-state index contributed by atoms with van der Waals surface area (Å²) in [6.07, 6.45) is 2.53. The molecule has 106 valence electrons. The number of furan rings is 1. The standard InChI is InChI=1S/C15H16BrNO3/c16-8-2-10-19-13-6-4-12(5-7-13)15(18)17-11-14-3-1-9-20-14/h1,3-7,9H,2,8,10-11H2,(H,17,18). The van der Waals surface area contributed by atoms with E-state index in [0.29, 0.717) is 18.7 Å². The molecule has 1 N–H and O–H groups in total. The number of halogens is 1. The van der Waals surface area contributed by atoms with Gasteiger partial charge in [0.05, 0.1) is 19.4 Å². The van der Waals surface area contributed by atoms with Crippen molar-refractivity contribution in [2.24, 2.45) is 0 Å². The van der Waals surface area contributed by atoms with E-state index in [1.807, 2.05) is 6.07 Å². The molecule has 4 nitrogen and oxygen atoms in total. The number of carbonyl (C=O) groups excluding carboxylic acids is 1. The SMILES string of the molecule is O=C(NCc1ccco1)c1ccc(OCCCBr)cc1. The molecule has 0 aliphatic rings. The molecule has 0 unspecified atom stereocenters. The maximum atomic E-state index is 11.9. The van der Waals surface area contributed by atoms with Crippen molar-refractivity contribution in [2.75, 3.05) is 11.9 Å². The monoisotopic (exact) mass is 337 g/mol. The third-order valence-corrected chi connectivity index (χ3v) is 3.23. The molecule has 20 heavy (non-hydrogen) atoms. The van der Waals surface area contributed by atoms with Crippen molar-refractivity contribution in [3.05, 3.63) is 54.0 Å². The van der Waals surface area contributed by atoms with Crippen molar-refractivity contribution in [1.82, 2.24) is 5.32 Å². The molecule has 0 aliphatic carbocycles. The molecule has 1 aromatic carbocycles. The molecule has 0 atom stereocenters. The second-order valence-electron chi connectivity index (χ2n) is 4.18. The van der Waals surface area contributed by atoms with Crippen LogP contribution in [0.25, 0.3) is 0 Å². The van der Waals surface area contributed by atoms with Crippen molar-refractivity contribution in [3.8, 4) is 5.75 Å². The number of benzene rings is 1. The summed E-state index contributed by atoms with van der Waals surface area (Å²) in [5.41, 5.74) is 0.601. The van der Waals surface area contributed by atoms with E-state index < -0.39 is 0 Å². The molecule has 0 fully saturated rings. The van der Waals surface area contributed by atoms with Crippen molar-refractivity contribution in [3.63, 3.8) is 0 Å². The summed E-state index contributed by atoms with van der Waals surface area (Å²) in [4.78, 5) is 11.9. The maximum absolute atomic E-state index is 11.9. The van der Waals surface area contributed by atoms with Gasteiger partial charge in [-0.3, -0.25) is 4.79 Å². The third-order valence-electron chi connectivity index (χ3n) is 2.67. The number of alkyl halides is 1. The van der Waals surface area contributed by atoms with E-state index in [1.54, 1.807) is 36.6 Å². The molecule has 0 spiro atoms. The van der Waals surface area contributed by atoms with Gasteiger partial charge >= 0.3 is 0 Å². The first-order chi connectivity index (χ1) is 9.79. The maximum Gasteiger partial charge on any atom is 0.251 e. The molecule has 0 saturated carbocycles. The highest BCUT2D eigenvalue weighted by Crippen LogP contribution is 2.13. The normalized spacial score (nSPS) is 10.2. The van der Waals surface area contributed by atoms with E-state index in [4.69, 9.17) is 9.15 Å². The van der Waals surface area contributed by atoms with Crippen LogP contribution in [0.2, 0.25) is 0 Å². The molecule has 1 amide bonds. The zero-order chi connectivity index (χ0) is 14.2. The predicted molar refractivity (Wildman–Crippen MR) is 80.2 cm³/mol. The second-order valence-corrected chi connectivity index (χ2v) is 4.97. The van der Waals surface area contributed by atoms with Crippen LogP contribution in [0.15, 0.2) is 47.1 Å². The third kappa shape index (κ3) is 4.42. The van der Waals surface area contributed by atoms with Crippen molar-refractivity contribution >= 4 is 21.8 Å². The molecule has 0 saturated heterocycles. The topological polar surface area (TPSA) is 51.5 Å². The van der Waals surface area contributed by atoms with Crippen molar-refractivity contribution < 1.29 is 13.9 Å².